The van der Waals surface area contributed by atoms with E-state index in [-0.39, 0.29) is 0 Å². The maximum atomic E-state index is 8.07. The lowest BCUT2D eigenvalue weighted by molar-refractivity contribution is 0.287. The first-order valence-corrected chi connectivity index (χ1v) is 7.10. The van der Waals surface area contributed by atoms with Gasteiger partial charge in [0.05, 0.1) is 0 Å². The van der Waals surface area contributed by atoms with Gasteiger partial charge in [-0.05, 0) is 38.1 Å². The van der Waals surface area contributed by atoms with Crippen LogP contribution < -0.4 is 5.32 Å². The number of nitrogens with one attached hydrogen (secondary N) is 1. The molecule has 98 valence electrons. The van der Waals surface area contributed by atoms with Crippen molar-refractivity contribution in [2.24, 2.45) is 5.92 Å². The second-order valence-electron chi connectivity index (χ2n) is 4.90. The maximum Gasteiger partial charge on any atom is 0.0430 e. The van der Waals surface area contributed by atoms with Crippen molar-refractivity contribution in [2.45, 2.75) is 71.8 Å². The van der Waals surface area contributed by atoms with E-state index in [0.29, 0.717) is 6.61 Å². The summed E-state index contributed by atoms with van der Waals surface area (Å²) in [4.78, 5) is 0. The Balaban J connectivity index is 0.000000385. The molecule has 0 bridgehead atoms. The molecular weight excluding hydrogens is 198 g/mol. The standard InChI is InChI=1S/C10H21N.C4H10O/c1-3-4-8-11-10-7-5-6-9(10)2;1-2-3-4-5/h9-11H,3-8H2,1-2H3;5H,2-4H2,1H3. The molecule has 1 aliphatic rings. The number of hydrogen-bond donors (Lipinski definition) is 2. The van der Waals surface area contributed by atoms with Gasteiger partial charge in [0.1, 0.15) is 0 Å². The summed E-state index contributed by atoms with van der Waals surface area (Å²) in [6.45, 7) is 8.24. The predicted molar refractivity (Wildman–Crippen MR) is 71.7 cm³/mol. The molecule has 2 heteroatoms. The molecule has 1 rings (SSSR count). The van der Waals surface area contributed by atoms with Crippen molar-refractivity contribution in [2.75, 3.05) is 13.2 Å². The number of aliphatic hydroxyl groups excluding tert-OH is 1. The average Bonchev–Trinajstić information content (AvgIpc) is 2.67. The fourth-order valence-corrected chi connectivity index (χ4v) is 2.07. The van der Waals surface area contributed by atoms with E-state index >= 15 is 0 Å². The summed E-state index contributed by atoms with van der Waals surface area (Å²) in [5.41, 5.74) is 0. The quantitative estimate of drug-likeness (QED) is 0.685. The number of rotatable bonds is 6. The van der Waals surface area contributed by atoms with Gasteiger partial charge in [-0.25, -0.2) is 0 Å². The average molecular weight is 229 g/mol. The van der Waals surface area contributed by atoms with Gasteiger partial charge in [0.15, 0.2) is 0 Å². The third-order valence-corrected chi connectivity index (χ3v) is 3.31. The molecule has 2 nitrogen and oxygen atoms in total. The lowest BCUT2D eigenvalue weighted by Gasteiger charge is -2.16. The molecule has 0 aliphatic heterocycles. The Hall–Kier alpha value is -0.0800. The van der Waals surface area contributed by atoms with Crippen molar-refractivity contribution in [1.29, 1.82) is 0 Å². The molecule has 2 N–H and O–H groups in total. The second kappa shape index (κ2) is 11.4. The monoisotopic (exact) mass is 229 g/mol. The molecule has 1 saturated carbocycles. The van der Waals surface area contributed by atoms with Crippen LogP contribution in [0.1, 0.15) is 65.7 Å². The highest BCUT2D eigenvalue weighted by atomic mass is 16.2. The molecule has 0 spiro atoms. The summed E-state index contributed by atoms with van der Waals surface area (Å²) in [7, 11) is 0. The molecule has 2 unspecified atom stereocenters. The molecular formula is C14H31NO. The van der Waals surface area contributed by atoms with Crippen molar-refractivity contribution in [1.82, 2.24) is 5.32 Å². The predicted octanol–water partition coefficient (Wildman–Crippen LogP) is 3.34. The number of aliphatic hydroxyl groups is 1. The van der Waals surface area contributed by atoms with Crippen molar-refractivity contribution >= 4 is 0 Å². The van der Waals surface area contributed by atoms with E-state index in [4.69, 9.17) is 5.11 Å². The summed E-state index contributed by atoms with van der Waals surface area (Å²) in [6.07, 6.45) is 8.97. The molecule has 0 radical (unpaired) electrons. The zero-order valence-electron chi connectivity index (χ0n) is 11.5. The summed E-state index contributed by atoms with van der Waals surface area (Å²) in [5.74, 6) is 0.923. The first-order chi connectivity index (χ1) is 7.76. The third-order valence-electron chi connectivity index (χ3n) is 3.31. The molecule has 1 fully saturated rings. The summed E-state index contributed by atoms with van der Waals surface area (Å²) in [6, 6.07) is 0.835. The number of hydrogen-bond acceptors (Lipinski definition) is 2. The van der Waals surface area contributed by atoms with Crippen LogP contribution in [0, 0.1) is 5.92 Å². The van der Waals surface area contributed by atoms with Gasteiger partial charge >= 0.3 is 0 Å². The molecule has 2 atom stereocenters. The van der Waals surface area contributed by atoms with Gasteiger partial charge in [-0.3, -0.25) is 0 Å². The van der Waals surface area contributed by atoms with Crippen LogP contribution in [0.15, 0.2) is 0 Å². The fraction of sp³-hybridized carbons (Fsp3) is 1.00. The van der Waals surface area contributed by atoms with E-state index in [2.05, 4.69) is 26.1 Å². The van der Waals surface area contributed by atoms with Crippen LogP contribution in [0.5, 0.6) is 0 Å². The summed E-state index contributed by atoms with van der Waals surface area (Å²) in [5, 5.41) is 11.7. The van der Waals surface area contributed by atoms with E-state index in [1.54, 1.807) is 0 Å². The Morgan fingerprint density at radius 1 is 1.12 bits per heavy atom. The normalized spacial score (nSPS) is 24.0. The molecule has 16 heavy (non-hydrogen) atoms. The fourth-order valence-electron chi connectivity index (χ4n) is 2.07. The van der Waals surface area contributed by atoms with Crippen LogP contribution in [0.4, 0.5) is 0 Å². The van der Waals surface area contributed by atoms with Gasteiger partial charge < -0.3 is 10.4 Å². The molecule has 0 saturated heterocycles. The topological polar surface area (TPSA) is 32.3 Å². The first kappa shape index (κ1) is 15.9. The van der Waals surface area contributed by atoms with E-state index in [1.165, 1.54) is 38.6 Å². The molecule has 0 aromatic heterocycles. The van der Waals surface area contributed by atoms with Crippen LogP contribution in [0.25, 0.3) is 0 Å². The van der Waals surface area contributed by atoms with Crippen LogP contribution >= 0.6 is 0 Å². The van der Waals surface area contributed by atoms with Crippen LogP contribution in [0.3, 0.4) is 0 Å². The number of unbranched alkanes of at least 4 members (excludes halogenated alkanes) is 2. The molecule has 0 amide bonds. The molecule has 1 aliphatic carbocycles. The van der Waals surface area contributed by atoms with Crippen molar-refractivity contribution < 1.29 is 5.11 Å². The Bertz CT molecular complexity index is 137. The van der Waals surface area contributed by atoms with Gasteiger partial charge in [0, 0.05) is 12.6 Å². The Kier molecular flexibility index (Phi) is 11.3. The molecule has 0 aromatic carbocycles. The first-order valence-electron chi connectivity index (χ1n) is 7.10. The summed E-state index contributed by atoms with van der Waals surface area (Å²) < 4.78 is 0. The minimum absolute atomic E-state index is 0.344. The van der Waals surface area contributed by atoms with Gasteiger partial charge in [-0.15, -0.1) is 0 Å². The SMILES string of the molecule is CCCCNC1CCCC1C.CCCCO. The van der Waals surface area contributed by atoms with Gasteiger partial charge in [0.25, 0.3) is 0 Å². The van der Waals surface area contributed by atoms with E-state index in [1.807, 2.05) is 0 Å². The summed E-state index contributed by atoms with van der Waals surface area (Å²) >= 11 is 0. The lowest BCUT2D eigenvalue weighted by Crippen LogP contribution is -2.31. The maximum absolute atomic E-state index is 8.07. The Morgan fingerprint density at radius 2 is 1.81 bits per heavy atom. The molecule has 0 aromatic rings. The zero-order valence-corrected chi connectivity index (χ0v) is 11.5. The van der Waals surface area contributed by atoms with Crippen molar-refractivity contribution in [3.05, 3.63) is 0 Å². The van der Waals surface area contributed by atoms with Crippen LogP contribution in [-0.2, 0) is 0 Å². The van der Waals surface area contributed by atoms with Crippen molar-refractivity contribution in [3.8, 4) is 0 Å². The minimum atomic E-state index is 0.344. The highest BCUT2D eigenvalue weighted by molar-refractivity contribution is 4.79. The highest BCUT2D eigenvalue weighted by Gasteiger charge is 2.21. The largest absolute Gasteiger partial charge is 0.396 e. The second-order valence-corrected chi connectivity index (χ2v) is 4.90. The van der Waals surface area contributed by atoms with Gasteiger partial charge in [0.2, 0.25) is 0 Å². The van der Waals surface area contributed by atoms with Crippen LogP contribution in [-0.4, -0.2) is 24.3 Å². The highest BCUT2D eigenvalue weighted by Crippen LogP contribution is 2.24. The van der Waals surface area contributed by atoms with E-state index < -0.39 is 0 Å². The van der Waals surface area contributed by atoms with E-state index in [0.717, 1.165) is 24.8 Å². The minimum Gasteiger partial charge on any atom is -0.396 e. The lowest BCUT2D eigenvalue weighted by atomic mass is 10.1. The van der Waals surface area contributed by atoms with Gasteiger partial charge in [-0.1, -0.05) is 40.0 Å². The van der Waals surface area contributed by atoms with Crippen molar-refractivity contribution in [3.63, 3.8) is 0 Å². The van der Waals surface area contributed by atoms with E-state index in [9.17, 15) is 0 Å². The Morgan fingerprint density at radius 3 is 2.19 bits per heavy atom. The molecule has 0 heterocycles. The van der Waals surface area contributed by atoms with Crippen LogP contribution in [0.2, 0.25) is 0 Å². The smallest absolute Gasteiger partial charge is 0.0430 e. The third kappa shape index (κ3) is 8.12. The zero-order chi connectivity index (χ0) is 12.2. The Labute approximate surface area is 102 Å². The van der Waals surface area contributed by atoms with Gasteiger partial charge in [-0.2, -0.15) is 0 Å².